The maximum atomic E-state index is 12.3. The molecular weight excluding hydrogens is 282 g/mol. The number of hydrogen-bond acceptors (Lipinski definition) is 5. The van der Waals surface area contributed by atoms with Gasteiger partial charge in [-0.25, -0.2) is 4.98 Å². The van der Waals surface area contributed by atoms with Crippen molar-refractivity contribution in [2.24, 2.45) is 11.7 Å². The number of amides is 2. The van der Waals surface area contributed by atoms with Gasteiger partial charge in [0.05, 0.1) is 12.4 Å². The molecule has 2 heterocycles. The molecule has 2 N–H and O–H groups in total. The third-order valence-electron chi connectivity index (χ3n) is 4.46. The lowest BCUT2D eigenvalue weighted by molar-refractivity contribution is -0.137. The lowest BCUT2D eigenvalue weighted by atomic mass is 9.84. The molecule has 7 nitrogen and oxygen atoms in total. The van der Waals surface area contributed by atoms with Crippen LogP contribution in [0.1, 0.15) is 36.2 Å². The standard InChI is InChI=1S/C15H21N5O2/c16-14(21)12-9-17-10-13(18-12)19-5-2-6-20(8-7-19)15(22)11-3-1-4-11/h9-11H,1-8H2,(H2,16,21). The Hall–Kier alpha value is -2.18. The van der Waals surface area contributed by atoms with Gasteiger partial charge in [0, 0.05) is 32.1 Å². The van der Waals surface area contributed by atoms with Gasteiger partial charge in [0.25, 0.3) is 5.91 Å². The number of anilines is 1. The van der Waals surface area contributed by atoms with E-state index in [4.69, 9.17) is 5.73 Å². The number of rotatable bonds is 3. The lowest BCUT2D eigenvalue weighted by Gasteiger charge is -2.31. The smallest absolute Gasteiger partial charge is 0.268 e. The molecule has 2 aliphatic rings. The number of carbonyl (C=O) groups is 2. The first-order chi connectivity index (χ1) is 10.6. The summed E-state index contributed by atoms with van der Waals surface area (Å²) in [6, 6.07) is 0. The zero-order valence-electron chi connectivity index (χ0n) is 12.6. The number of aromatic nitrogens is 2. The van der Waals surface area contributed by atoms with E-state index in [9.17, 15) is 9.59 Å². The van der Waals surface area contributed by atoms with Crippen molar-refractivity contribution >= 4 is 17.6 Å². The van der Waals surface area contributed by atoms with Gasteiger partial charge in [0.1, 0.15) is 11.5 Å². The molecule has 0 atom stereocenters. The fraction of sp³-hybridized carbons (Fsp3) is 0.600. The molecule has 0 unspecified atom stereocenters. The van der Waals surface area contributed by atoms with Crippen molar-refractivity contribution in [3.63, 3.8) is 0 Å². The Balaban J connectivity index is 1.66. The highest BCUT2D eigenvalue weighted by Gasteiger charge is 2.30. The maximum absolute atomic E-state index is 12.3. The number of nitrogens with zero attached hydrogens (tertiary/aromatic N) is 4. The molecule has 0 bridgehead atoms. The fourth-order valence-electron chi connectivity index (χ4n) is 2.91. The van der Waals surface area contributed by atoms with Crippen LogP contribution in [0.2, 0.25) is 0 Å². The summed E-state index contributed by atoms with van der Waals surface area (Å²) >= 11 is 0. The lowest BCUT2D eigenvalue weighted by Crippen LogP contribution is -2.41. The monoisotopic (exact) mass is 303 g/mol. The van der Waals surface area contributed by atoms with Crippen LogP contribution in [-0.2, 0) is 4.79 Å². The Morgan fingerprint density at radius 2 is 1.91 bits per heavy atom. The van der Waals surface area contributed by atoms with E-state index in [0.29, 0.717) is 24.8 Å². The van der Waals surface area contributed by atoms with E-state index in [2.05, 4.69) is 14.9 Å². The molecule has 1 aromatic heterocycles. The van der Waals surface area contributed by atoms with Gasteiger partial charge in [-0.15, -0.1) is 0 Å². The van der Waals surface area contributed by atoms with Gasteiger partial charge in [-0.2, -0.15) is 0 Å². The van der Waals surface area contributed by atoms with Gasteiger partial charge in [-0.05, 0) is 19.3 Å². The van der Waals surface area contributed by atoms with Crippen LogP contribution in [0.15, 0.2) is 12.4 Å². The van der Waals surface area contributed by atoms with E-state index in [0.717, 1.165) is 32.4 Å². The zero-order chi connectivity index (χ0) is 15.5. The quantitative estimate of drug-likeness (QED) is 0.873. The van der Waals surface area contributed by atoms with Gasteiger partial charge in [0.2, 0.25) is 5.91 Å². The summed E-state index contributed by atoms with van der Waals surface area (Å²) in [6.07, 6.45) is 7.13. The van der Waals surface area contributed by atoms with Crippen LogP contribution >= 0.6 is 0 Å². The normalized spacial score (nSPS) is 19.5. The number of carbonyl (C=O) groups excluding carboxylic acids is 2. The first-order valence-corrected chi connectivity index (χ1v) is 7.81. The van der Waals surface area contributed by atoms with Gasteiger partial charge >= 0.3 is 0 Å². The van der Waals surface area contributed by atoms with Crippen molar-refractivity contribution in [2.75, 3.05) is 31.1 Å². The van der Waals surface area contributed by atoms with E-state index in [1.165, 1.54) is 12.6 Å². The van der Waals surface area contributed by atoms with Crippen molar-refractivity contribution in [3.8, 4) is 0 Å². The van der Waals surface area contributed by atoms with Crippen LogP contribution in [0.25, 0.3) is 0 Å². The predicted octanol–water partition coefficient (Wildman–Crippen LogP) is 0.414. The molecule has 0 radical (unpaired) electrons. The fourth-order valence-corrected chi connectivity index (χ4v) is 2.91. The van der Waals surface area contributed by atoms with Crippen molar-refractivity contribution in [1.29, 1.82) is 0 Å². The summed E-state index contributed by atoms with van der Waals surface area (Å²) in [7, 11) is 0. The van der Waals surface area contributed by atoms with Crippen LogP contribution in [0.3, 0.4) is 0 Å². The SMILES string of the molecule is NC(=O)c1cncc(N2CCCN(C(=O)C3CCC3)CC2)n1. The van der Waals surface area contributed by atoms with Gasteiger partial charge < -0.3 is 15.5 Å². The van der Waals surface area contributed by atoms with Crippen LogP contribution in [0, 0.1) is 5.92 Å². The Bertz CT molecular complexity index is 573. The highest BCUT2D eigenvalue weighted by molar-refractivity contribution is 5.90. The van der Waals surface area contributed by atoms with Crippen LogP contribution in [0.4, 0.5) is 5.82 Å². The minimum Gasteiger partial charge on any atom is -0.364 e. The van der Waals surface area contributed by atoms with Gasteiger partial charge in [-0.1, -0.05) is 6.42 Å². The summed E-state index contributed by atoms with van der Waals surface area (Å²) in [4.78, 5) is 35.9. The molecule has 1 aliphatic carbocycles. The second kappa shape index (κ2) is 6.29. The predicted molar refractivity (Wildman–Crippen MR) is 81.3 cm³/mol. The summed E-state index contributed by atoms with van der Waals surface area (Å²) in [5, 5.41) is 0. The number of nitrogens with two attached hydrogens (primary N) is 1. The van der Waals surface area contributed by atoms with Gasteiger partial charge in [-0.3, -0.25) is 14.6 Å². The molecular formula is C15H21N5O2. The average Bonchev–Trinajstić information content (AvgIpc) is 2.71. The summed E-state index contributed by atoms with van der Waals surface area (Å²) in [6.45, 7) is 2.98. The van der Waals surface area contributed by atoms with E-state index in [1.54, 1.807) is 6.20 Å². The average molecular weight is 303 g/mol. The molecule has 22 heavy (non-hydrogen) atoms. The summed E-state index contributed by atoms with van der Waals surface area (Å²) in [5.41, 5.74) is 5.42. The Labute approximate surface area is 129 Å². The minimum atomic E-state index is -0.578. The molecule has 3 rings (SSSR count). The second-order valence-electron chi connectivity index (χ2n) is 5.92. The highest BCUT2D eigenvalue weighted by Crippen LogP contribution is 2.28. The zero-order valence-corrected chi connectivity index (χ0v) is 12.6. The van der Waals surface area contributed by atoms with E-state index >= 15 is 0 Å². The first-order valence-electron chi connectivity index (χ1n) is 7.81. The molecule has 7 heteroatoms. The van der Waals surface area contributed by atoms with Crippen molar-refractivity contribution < 1.29 is 9.59 Å². The molecule has 1 saturated heterocycles. The first kappa shape index (κ1) is 14.7. The van der Waals surface area contributed by atoms with Crippen molar-refractivity contribution in [3.05, 3.63) is 18.1 Å². The van der Waals surface area contributed by atoms with Crippen LogP contribution in [0.5, 0.6) is 0 Å². The molecule has 118 valence electrons. The molecule has 2 fully saturated rings. The van der Waals surface area contributed by atoms with Crippen molar-refractivity contribution in [2.45, 2.75) is 25.7 Å². The molecule has 0 spiro atoms. The Morgan fingerprint density at radius 1 is 1.09 bits per heavy atom. The number of primary amides is 1. The minimum absolute atomic E-state index is 0.171. The highest BCUT2D eigenvalue weighted by atomic mass is 16.2. The van der Waals surface area contributed by atoms with E-state index in [-0.39, 0.29) is 11.6 Å². The van der Waals surface area contributed by atoms with Crippen molar-refractivity contribution in [1.82, 2.24) is 14.9 Å². The number of hydrogen-bond donors (Lipinski definition) is 1. The third-order valence-corrected chi connectivity index (χ3v) is 4.46. The molecule has 2 amide bonds. The van der Waals surface area contributed by atoms with Gasteiger partial charge in [0.15, 0.2) is 0 Å². The third kappa shape index (κ3) is 3.03. The van der Waals surface area contributed by atoms with E-state index in [1.807, 2.05) is 4.90 Å². The Morgan fingerprint density at radius 3 is 2.59 bits per heavy atom. The largest absolute Gasteiger partial charge is 0.364 e. The van der Waals surface area contributed by atoms with Crippen LogP contribution in [-0.4, -0.2) is 52.9 Å². The molecule has 0 aromatic carbocycles. The topological polar surface area (TPSA) is 92.4 Å². The molecule has 1 aliphatic heterocycles. The van der Waals surface area contributed by atoms with Crippen LogP contribution < -0.4 is 10.6 Å². The maximum Gasteiger partial charge on any atom is 0.268 e. The molecule has 1 aromatic rings. The summed E-state index contributed by atoms with van der Waals surface area (Å²) in [5.74, 6) is 0.606. The Kier molecular flexibility index (Phi) is 4.22. The molecule has 1 saturated carbocycles. The second-order valence-corrected chi connectivity index (χ2v) is 5.92. The summed E-state index contributed by atoms with van der Waals surface area (Å²) < 4.78 is 0. The van der Waals surface area contributed by atoms with E-state index < -0.39 is 5.91 Å².